The standard InChI is InChI=1S/C19H22N2O5S/c1-13(17-10-16(25-2)8-9-18(17)26-3)20-19(22)12-27-11-14-4-6-15(7-5-14)21(23)24/h4-10,13H,11-12H2,1-3H3,(H,20,22)/t13-/m1/s1. The highest BCUT2D eigenvalue weighted by molar-refractivity contribution is 7.99. The van der Waals surface area contributed by atoms with Gasteiger partial charge in [-0.05, 0) is 30.7 Å². The average molecular weight is 390 g/mol. The van der Waals surface area contributed by atoms with Crippen molar-refractivity contribution in [2.75, 3.05) is 20.0 Å². The van der Waals surface area contributed by atoms with Crippen molar-refractivity contribution in [1.29, 1.82) is 0 Å². The molecule has 2 aromatic carbocycles. The Bertz CT molecular complexity index is 795. The van der Waals surface area contributed by atoms with Crippen LogP contribution in [-0.2, 0) is 10.5 Å². The highest BCUT2D eigenvalue weighted by Crippen LogP contribution is 2.29. The number of ether oxygens (including phenoxy) is 2. The Hall–Kier alpha value is -2.74. The molecule has 7 nitrogen and oxygen atoms in total. The summed E-state index contributed by atoms with van der Waals surface area (Å²) in [6, 6.07) is 11.5. The number of hydrogen-bond donors (Lipinski definition) is 1. The number of carbonyl (C=O) groups is 1. The molecule has 0 aliphatic rings. The van der Waals surface area contributed by atoms with E-state index in [4.69, 9.17) is 9.47 Å². The fourth-order valence-corrected chi connectivity index (χ4v) is 3.31. The Morgan fingerprint density at radius 1 is 1.19 bits per heavy atom. The van der Waals surface area contributed by atoms with Gasteiger partial charge >= 0.3 is 0 Å². The van der Waals surface area contributed by atoms with E-state index in [9.17, 15) is 14.9 Å². The third kappa shape index (κ3) is 5.89. The second kappa shape index (κ2) is 9.82. The number of nitro benzene ring substituents is 1. The van der Waals surface area contributed by atoms with Crippen LogP contribution < -0.4 is 14.8 Å². The Morgan fingerprint density at radius 2 is 1.89 bits per heavy atom. The van der Waals surface area contributed by atoms with Gasteiger partial charge in [0.05, 0.1) is 30.9 Å². The molecule has 144 valence electrons. The van der Waals surface area contributed by atoms with Crippen LogP contribution >= 0.6 is 11.8 Å². The van der Waals surface area contributed by atoms with Gasteiger partial charge in [0.15, 0.2) is 0 Å². The number of nitrogens with zero attached hydrogens (tertiary/aromatic N) is 1. The Balaban J connectivity index is 1.87. The molecule has 8 heteroatoms. The number of methoxy groups -OCH3 is 2. The van der Waals surface area contributed by atoms with Crippen LogP contribution in [0.4, 0.5) is 5.69 Å². The van der Waals surface area contributed by atoms with Crippen molar-refractivity contribution in [1.82, 2.24) is 5.32 Å². The van der Waals surface area contributed by atoms with Gasteiger partial charge in [0.2, 0.25) is 5.91 Å². The van der Waals surface area contributed by atoms with Crippen LogP contribution in [0.5, 0.6) is 11.5 Å². The molecule has 0 aliphatic carbocycles. The molecular formula is C19H22N2O5S. The van der Waals surface area contributed by atoms with E-state index in [0.717, 1.165) is 11.1 Å². The van der Waals surface area contributed by atoms with Gasteiger partial charge in [-0.1, -0.05) is 12.1 Å². The van der Waals surface area contributed by atoms with Crippen LogP contribution in [0.2, 0.25) is 0 Å². The number of amides is 1. The van der Waals surface area contributed by atoms with Gasteiger partial charge in [-0.3, -0.25) is 14.9 Å². The van der Waals surface area contributed by atoms with E-state index >= 15 is 0 Å². The van der Waals surface area contributed by atoms with Crippen molar-refractivity contribution >= 4 is 23.4 Å². The van der Waals surface area contributed by atoms with Gasteiger partial charge in [0.25, 0.3) is 5.69 Å². The summed E-state index contributed by atoms with van der Waals surface area (Å²) in [5.74, 6) is 2.16. The lowest BCUT2D eigenvalue weighted by molar-refractivity contribution is -0.384. The predicted molar refractivity (Wildman–Crippen MR) is 105 cm³/mol. The maximum atomic E-state index is 12.2. The molecule has 2 aromatic rings. The fraction of sp³-hybridized carbons (Fsp3) is 0.316. The maximum Gasteiger partial charge on any atom is 0.269 e. The fourth-order valence-electron chi connectivity index (χ4n) is 2.51. The van der Waals surface area contributed by atoms with Gasteiger partial charge in [-0.25, -0.2) is 0 Å². The summed E-state index contributed by atoms with van der Waals surface area (Å²) in [7, 11) is 3.17. The molecule has 0 fully saturated rings. The van der Waals surface area contributed by atoms with Crippen LogP contribution in [0, 0.1) is 10.1 Å². The number of rotatable bonds is 9. The molecule has 0 aromatic heterocycles. The van der Waals surface area contributed by atoms with Crippen LogP contribution in [0.1, 0.15) is 24.1 Å². The number of nitrogens with one attached hydrogen (secondary N) is 1. The van der Waals surface area contributed by atoms with Gasteiger partial charge in [-0.15, -0.1) is 11.8 Å². The Kier molecular flexibility index (Phi) is 7.48. The molecular weight excluding hydrogens is 368 g/mol. The minimum absolute atomic E-state index is 0.0579. The van der Waals surface area contributed by atoms with Crippen LogP contribution in [0.3, 0.4) is 0 Å². The Labute approximate surface area is 162 Å². The molecule has 0 spiro atoms. The van der Waals surface area contributed by atoms with Crippen LogP contribution in [0.15, 0.2) is 42.5 Å². The lowest BCUT2D eigenvalue weighted by atomic mass is 10.1. The molecule has 0 unspecified atom stereocenters. The van der Waals surface area contributed by atoms with E-state index in [2.05, 4.69) is 5.32 Å². The first kappa shape index (κ1) is 20.6. The monoisotopic (exact) mass is 390 g/mol. The van der Waals surface area contributed by atoms with Crippen LogP contribution in [-0.4, -0.2) is 30.8 Å². The molecule has 1 atom stereocenters. The van der Waals surface area contributed by atoms with E-state index in [1.54, 1.807) is 38.5 Å². The molecule has 0 heterocycles. The van der Waals surface area contributed by atoms with Crippen molar-refractivity contribution in [3.8, 4) is 11.5 Å². The molecule has 1 amide bonds. The van der Waals surface area contributed by atoms with Crippen molar-refractivity contribution in [3.63, 3.8) is 0 Å². The zero-order valence-electron chi connectivity index (χ0n) is 15.4. The second-order valence-corrected chi connectivity index (χ2v) is 6.80. The first-order valence-electron chi connectivity index (χ1n) is 8.27. The number of nitro groups is 1. The molecule has 0 saturated heterocycles. The maximum absolute atomic E-state index is 12.2. The summed E-state index contributed by atoms with van der Waals surface area (Å²) in [6.45, 7) is 1.89. The lowest BCUT2D eigenvalue weighted by Gasteiger charge is -2.18. The molecule has 0 aliphatic heterocycles. The average Bonchev–Trinajstić information content (AvgIpc) is 2.67. The van der Waals surface area contributed by atoms with Gasteiger partial charge < -0.3 is 14.8 Å². The number of carbonyl (C=O) groups excluding carboxylic acids is 1. The van der Waals surface area contributed by atoms with Gasteiger partial charge in [0.1, 0.15) is 11.5 Å². The van der Waals surface area contributed by atoms with E-state index < -0.39 is 4.92 Å². The predicted octanol–water partition coefficient (Wildman–Crippen LogP) is 3.72. The van der Waals surface area contributed by atoms with E-state index in [1.165, 1.54) is 23.9 Å². The van der Waals surface area contributed by atoms with Gasteiger partial charge in [-0.2, -0.15) is 0 Å². The summed E-state index contributed by atoms with van der Waals surface area (Å²) in [5.41, 5.74) is 1.83. The summed E-state index contributed by atoms with van der Waals surface area (Å²) < 4.78 is 10.6. The van der Waals surface area contributed by atoms with Crippen molar-refractivity contribution in [2.24, 2.45) is 0 Å². The minimum Gasteiger partial charge on any atom is -0.497 e. The van der Waals surface area contributed by atoms with E-state index in [1.807, 2.05) is 13.0 Å². The third-order valence-electron chi connectivity index (χ3n) is 3.93. The molecule has 0 bridgehead atoms. The second-order valence-electron chi connectivity index (χ2n) is 5.81. The zero-order valence-corrected chi connectivity index (χ0v) is 16.2. The molecule has 0 saturated carbocycles. The number of hydrogen-bond acceptors (Lipinski definition) is 6. The summed E-state index contributed by atoms with van der Waals surface area (Å²) in [4.78, 5) is 22.4. The lowest BCUT2D eigenvalue weighted by Crippen LogP contribution is -2.28. The van der Waals surface area contributed by atoms with Crippen molar-refractivity contribution in [3.05, 3.63) is 63.7 Å². The SMILES string of the molecule is COc1ccc(OC)c([C@@H](C)NC(=O)CSCc2ccc([N+](=O)[O-])cc2)c1. The van der Waals surface area contributed by atoms with Gasteiger partial charge in [0, 0.05) is 23.4 Å². The summed E-state index contributed by atoms with van der Waals surface area (Å²) >= 11 is 1.45. The topological polar surface area (TPSA) is 90.7 Å². The smallest absolute Gasteiger partial charge is 0.269 e. The molecule has 1 N–H and O–H groups in total. The number of thioether (sulfide) groups is 1. The molecule has 0 radical (unpaired) electrons. The molecule has 2 rings (SSSR count). The first-order chi connectivity index (χ1) is 12.9. The molecule has 27 heavy (non-hydrogen) atoms. The highest BCUT2D eigenvalue weighted by atomic mass is 32.2. The van der Waals surface area contributed by atoms with E-state index in [0.29, 0.717) is 17.3 Å². The van der Waals surface area contributed by atoms with Crippen molar-refractivity contribution < 1.29 is 19.2 Å². The third-order valence-corrected chi connectivity index (χ3v) is 4.93. The highest BCUT2D eigenvalue weighted by Gasteiger charge is 2.15. The zero-order chi connectivity index (χ0) is 19.8. The van der Waals surface area contributed by atoms with Crippen molar-refractivity contribution in [2.45, 2.75) is 18.7 Å². The largest absolute Gasteiger partial charge is 0.497 e. The quantitative estimate of drug-likeness (QED) is 0.518. The van der Waals surface area contributed by atoms with Crippen LogP contribution in [0.25, 0.3) is 0 Å². The first-order valence-corrected chi connectivity index (χ1v) is 9.42. The number of non-ortho nitro benzene ring substituents is 1. The normalized spacial score (nSPS) is 11.5. The Morgan fingerprint density at radius 3 is 2.48 bits per heavy atom. The summed E-state index contributed by atoms with van der Waals surface area (Å²) in [5, 5.41) is 13.6. The minimum atomic E-state index is -0.432. The van der Waals surface area contributed by atoms with E-state index in [-0.39, 0.29) is 23.4 Å². The summed E-state index contributed by atoms with van der Waals surface area (Å²) in [6.07, 6.45) is 0. The number of benzene rings is 2.